The number of ether oxygens (including phenoxy) is 1. The summed E-state index contributed by atoms with van der Waals surface area (Å²) in [5.74, 6) is 1.21. The molecule has 0 spiro atoms. The zero-order valence-corrected chi connectivity index (χ0v) is 20.3. The van der Waals surface area contributed by atoms with E-state index in [9.17, 15) is 9.18 Å². The fourth-order valence-electron chi connectivity index (χ4n) is 3.87. The average Bonchev–Trinajstić information content (AvgIpc) is 3.15. The second-order valence-corrected chi connectivity index (χ2v) is 8.63. The molecule has 5 rings (SSSR count). The van der Waals surface area contributed by atoms with E-state index < -0.39 is 5.82 Å². The SMILES string of the molecule is CC(=O)Cc1cc(Oc2ccc3c(c2)nc(Nc2cc(-c4cccnc4Cl)ccc2F)n3C)ccn1. The maximum absolute atomic E-state index is 14.7. The summed E-state index contributed by atoms with van der Waals surface area (Å²) in [6.45, 7) is 1.52. The van der Waals surface area contributed by atoms with Crippen molar-refractivity contribution in [1.29, 1.82) is 0 Å². The van der Waals surface area contributed by atoms with Crippen molar-refractivity contribution < 1.29 is 13.9 Å². The monoisotopic (exact) mass is 501 g/mol. The van der Waals surface area contributed by atoms with E-state index in [4.69, 9.17) is 16.3 Å². The number of pyridine rings is 2. The van der Waals surface area contributed by atoms with Gasteiger partial charge < -0.3 is 14.6 Å². The molecule has 7 nitrogen and oxygen atoms in total. The molecule has 36 heavy (non-hydrogen) atoms. The summed E-state index contributed by atoms with van der Waals surface area (Å²) < 4.78 is 22.5. The Kier molecular flexibility index (Phi) is 6.35. The predicted octanol–water partition coefficient (Wildman–Crippen LogP) is 6.49. The molecule has 0 saturated carbocycles. The molecule has 0 bridgehead atoms. The Labute approximate surface area is 211 Å². The van der Waals surface area contributed by atoms with Crippen molar-refractivity contribution in [3.05, 3.63) is 89.7 Å². The number of carbonyl (C=O) groups excluding carboxylic acids is 1. The van der Waals surface area contributed by atoms with E-state index in [0.717, 1.165) is 11.1 Å². The second kappa shape index (κ2) is 9.75. The normalized spacial score (nSPS) is 11.0. The summed E-state index contributed by atoms with van der Waals surface area (Å²) in [7, 11) is 1.84. The van der Waals surface area contributed by atoms with E-state index in [-0.39, 0.29) is 17.9 Å². The van der Waals surface area contributed by atoms with Crippen LogP contribution in [0.15, 0.2) is 73.1 Å². The third kappa shape index (κ3) is 4.89. The van der Waals surface area contributed by atoms with Gasteiger partial charge in [0.15, 0.2) is 0 Å². The van der Waals surface area contributed by atoms with Crippen LogP contribution >= 0.6 is 11.6 Å². The highest BCUT2D eigenvalue weighted by Crippen LogP contribution is 2.32. The lowest BCUT2D eigenvalue weighted by atomic mass is 10.1. The van der Waals surface area contributed by atoms with Gasteiger partial charge in [0.05, 0.1) is 22.4 Å². The zero-order chi connectivity index (χ0) is 25.2. The van der Waals surface area contributed by atoms with Gasteiger partial charge in [-0.3, -0.25) is 9.78 Å². The van der Waals surface area contributed by atoms with Crippen molar-refractivity contribution >= 4 is 40.1 Å². The average molecular weight is 502 g/mol. The molecule has 0 amide bonds. The molecular weight excluding hydrogens is 481 g/mol. The lowest BCUT2D eigenvalue weighted by Gasteiger charge is -2.10. The Morgan fingerprint density at radius 1 is 1.06 bits per heavy atom. The number of halogens is 2. The summed E-state index contributed by atoms with van der Waals surface area (Å²) in [6.07, 6.45) is 3.46. The maximum Gasteiger partial charge on any atom is 0.208 e. The summed E-state index contributed by atoms with van der Waals surface area (Å²) in [5, 5.41) is 3.43. The third-order valence-electron chi connectivity index (χ3n) is 5.59. The molecule has 0 atom stereocenters. The molecule has 0 fully saturated rings. The van der Waals surface area contributed by atoms with Gasteiger partial charge in [0, 0.05) is 43.6 Å². The number of Topliss-reactive ketones (excluding diaryl/α,β-unsaturated/α-hetero) is 1. The van der Waals surface area contributed by atoms with Crippen LogP contribution in [0, 0.1) is 5.82 Å². The van der Waals surface area contributed by atoms with Crippen LogP contribution in [-0.2, 0) is 18.3 Å². The van der Waals surface area contributed by atoms with E-state index in [1.165, 1.54) is 13.0 Å². The van der Waals surface area contributed by atoms with E-state index in [1.807, 2.05) is 29.8 Å². The van der Waals surface area contributed by atoms with Crippen LogP contribution in [0.4, 0.5) is 16.0 Å². The van der Waals surface area contributed by atoms with Gasteiger partial charge in [-0.25, -0.2) is 14.4 Å². The molecule has 3 heterocycles. The van der Waals surface area contributed by atoms with E-state index in [1.54, 1.807) is 48.8 Å². The van der Waals surface area contributed by atoms with E-state index >= 15 is 0 Å². The smallest absolute Gasteiger partial charge is 0.208 e. The van der Waals surface area contributed by atoms with Crippen molar-refractivity contribution in [1.82, 2.24) is 19.5 Å². The topological polar surface area (TPSA) is 81.9 Å². The minimum Gasteiger partial charge on any atom is -0.457 e. The number of nitrogens with zero attached hydrogens (tertiary/aromatic N) is 4. The van der Waals surface area contributed by atoms with Gasteiger partial charge >= 0.3 is 0 Å². The highest BCUT2D eigenvalue weighted by atomic mass is 35.5. The van der Waals surface area contributed by atoms with E-state index in [0.29, 0.717) is 39.4 Å². The third-order valence-corrected chi connectivity index (χ3v) is 5.89. The molecule has 3 aromatic heterocycles. The largest absolute Gasteiger partial charge is 0.457 e. The number of aryl methyl sites for hydroxylation is 1. The number of nitrogens with one attached hydrogen (secondary N) is 1. The first-order chi connectivity index (χ1) is 17.4. The quantitative estimate of drug-likeness (QED) is 0.257. The number of anilines is 2. The molecule has 2 aromatic carbocycles. The molecule has 0 unspecified atom stereocenters. The van der Waals surface area contributed by atoms with Crippen molar-refractivity contribution in [3.63, 3.8) is 0 Å². The lowest BCUT2D eigenvalue weighted by Crippen LogP contribution is -2.01. The molecule has 180 valence electrons. The fraction of sp³-hybridized carbons (Fsp3) is 0.111. The van der Waals surface area contributed by atoms with E-state index in [2.05, 4.69) is 20.3 Å². The minimum atomic E-state index is -0.422. The number of fused-ring (bicyclic) bond motifs is 1. The number of aromatic nitrogens is 4. The molecule has 0 radical (unpaired) electrons. The van der Waals surface area contributed by atoms with Gasteiger partial charge in [-0.05, 0) is 55.0 Å². The predicted molar refractivity (Wildman–Crippen MR) is 137 cm³/mol. The Hall–Kier alpha value is -4.30. The number of imidazole rings is 1. The number of carbonyl (C=O) groups is 1. The van der Waals surface area contributed by atoms with Crippen molar-refractivity contribution in [3.8, 4) is 22.6 Å². The van der Waals surface area contributed by atoms with Crippen LogP contribution < -0.4 is 10.1 Å². The van der Waals surface area contributed by atoms with Crippen LogP contribution in [0.25, 0.3) is 22.2 Å². The minimum absolute atomic E-state index is 0.0279. The van der Waals surface area contributed by atoms with Gasteiger partial charge in [0.1, 0.15) is 28.3 Å². The van der Waals surface area contributed by atoms with Gasteiger partial charge in [-0.2, -0.15) is 0 Å². The molecule has 0 saturated heterocycles. The van der Waals surface area contributed by atoms with Crippen molar-refractivity contribution in [2.45, 2.75) is 13.3 Å². The fourth-order valence-corrected chi connectivity index (χ4v) is 4.10. The number of hydrogen-bond donors (Lipinski definition) is 1. The summed E-state index contributed by atoms with van der Waals surface area (Å²) in [4.78, 5) is 24.3. The molecular formula is C27H21ClFN5O2. The molecule has 5 aromatic rings. The Morgan fingerprint density at radius 2 is 1.89 bits per heavy atom. The summed E-state index contributed by atoms with van der Waals surface area (Å²) in [6, 6.07) is 17.3. The zero-order valence-electron chi connectivity index (χ0n) is 19.5. The first-order valence-electron chi connectivity index (χ1n) is 11.1. The van der Waals surface area contributed by atoms with Gasteiger partial charge in [0.25, 0.3) is 0 Å². The molecule has 9 heteroatoms. The summed E-state index contributed by atoms with van der Waals surface area (Å²) >= 11 is 6.22. The maximum atomic E-state index is 14.7. The Bertz CT molecular complexity index is 1600. The van der Waals surface area contributed by atoms with Crippen LogP contribution in [-0.4, -0.2) is 25.3 Å². The van der Waals surface area contributed by atoms with Crippen LogP contribution in [0.2, 0.25) is 5.15 Å². The first kappa shape index (κ1) is 23.4. The van der Waals surface area contributed by atoms with Gasteiger partial charge in [-0.15, -0.1) is 0 Å². The van der Waals surface area contributed by atoms with Crippen LogP contribution in [0.1, 0.15) is 12.6 Å². The number of hydrogen-bond acceptors (Lipinski definition) is 6. The number of ketones is 1. The van der Waals surface area contributed by atoms with Crippen LogP contribution in [0.5, 0.6) is 11.5 Å². The Balaban J connectivity index is 1.42. The van der Waals surface area contributed by atoms with Crippen LogP contribution in [0.3, 0.4) is 0 Å². The highest BCUT2D eigenvalue weighted by Gasteiger charge is 2.14. The van der Waals surface area contributed by atoms with Crippen molar-refractivity contribution in [2.24, 2.45) is 7.05 Å². The van der Waals surface area contributed by atoms with Gasteiger partial charge in [0.2, 0.25) is 5.95 Å². The number of rotatable bonds is 7. The first-order valence-corrected chi connectivity index (χ1v) is 11.5. The highest BCUT2D eigenvalue weighted by molar-refractivity contribution is 6.32. The molecule has 0 aliphatic carbocycles. The second-order valence-electron chi connectivity index (χ2n) is 8.27. The summed E-state index contributed by atoms with van der Waals surface area (Å²) in [5.41, 5.74) is 3.84. The number of benzene rings is 2. The standard InChI is InChI=1S/C27H21ClFN5O2/c1-16(35)12-18-14-20(9-11-30-18)36-19-6-8-25-24(15-19)33-27(34(25)2)32-23-13-17(5-7-22(23)29)21-4-3-10-31-26(21)28/h3-11,13-15H,12H2,1-2H3,(H,32,33). The lowest BCUT2D eigenvalue weighted by molar-refractivity contribution is -0.116. The molecule has 0 aliphatic heterocycles. The molecule has 1 N–H and O–H groups in total. The van der Waals surface area contributed by atoms with Crippen molar-refractivity contribution in [2.75, 3.05) is 5.32 Å². The Morgan fingerprint density at radius 3 is 2.69 bits per heavy atom. The van der Waals surface area contributed by atoms with Gasteiger partial charge in [-0.1, -0.05) is 17.7 Å². The molecule has 0 aliphatic rings.